The van der Waals surface area contributed by atoms with Crippen LogP contribution in [0.3, 0.4) is 0 Å². The Morgan fingerprint density at radius 2 is 0.918 bits per heavy atom. The van der Waals surface area contributed by atoms with E-state index in [1.54, 1.807) is 53.0 Å². The number of fused-ring (bicyclic) bond motifs is 1. The van der Waals surface area contributed by atoms with E-state index in [4.69, 9.17) is 0 Å². The summed E-state index contributed by atoms with van der Waals surface area (Å²) in [4.78, 5) is 32.4. The third-order valence-corrected chi connectivity index (χ3v) is 11.4. The highest BCUT2D eigenvalue weighted by Crippen LogP contribution is 2.41. The van der Waals surface area contributed by atoms with Crippen LogP contribution in [-0.4, -0.2) is 11.6 Å². The van der Waals surface area contributed by atoms with Crippen LogP contribution < -0.4 is 4.90 Å². The van der Waals surface area contributed by atoms with Crippen molar-refractivity contribution < 1.29 is 9.59 Å². The molecule has 6 aromatic rings. The number of ketones is 2. The van der Waals surface area contributed by atoms with Crippen molar-refractivity contribution in [1.29, 1.82) is 0 Å². The maximum atomic E-state index is 12.9. The van der Waals surface area contributed by atoms with E-state index in [9.17, 15) is 9.59 Å². The first kappa shape index (κ1) is 32.7. The van der Waals surface area contributed by atoms with Crippen LogP contribution >= 0.6 is 22.7 Å². The van der Waals surface area contributed by atoms with Gasteiger partial charge in [-0.05, 0) is 94.3 Å². The SMILES string of the molecule is CC(C)(C)c1ccc(N(c2ccc(-c3ccc(-c4ccc(C=C5C(=O)c6ccccc6C5=O)s4)s3)cc2)c2ccc(C(C)(C)C)cc2)cc1. The average Bonchev–Trinajstić information content (AvgIpc) is 3.82. The van der Waals surface area contributed by atoms with E-state index in [-0.39, 0.29) is 28.0 Å². The molecule has 0 radical (unpaired) electrons. The fourth-order valence-corrected chi connectivity index (χ4v) is 8.23. The van der Waals surface area contributed by atoms with Crippen molar-refractivity contribution in [2.24, 2.45) is 0 Å². The fraction of sp³-hybridized carbons (Fsp3) is 0.182. The molecular formula is C44H39NO2S2. The van der Waals surface area contributed by atoms with Gasteiger partial charge >= 0.3 is 0 Å². The van der Waals surface area contributed by atoms with E-state index >= 15 is 0 Å². The molecule has 1 aliphatic carbocycles. The zero-order valence-electron chi connectivity index (χ0n) is 28.7. The number of Topliss-reactive ketones (excluding diaryl/α,β-unsaturated/α-hetero) is 2. The number of hydrogen-bond acceptors (Lipinski definition) is 5. The highest BCUT2D eigenvalue weighted by atomic mass is 32.1. The van der Waals surface area contributed by atoms with Crippen molar-refractivity contribution >= 4 is 57.4 Å². The summed E-state index contributed by atoms with van der Waals surface area (Å²) in [5.74, 6) is -0.389. The minimum Gasteiger partial charge on any atom is -0.311 e. The van der Waals surface area contributed by atoms with Gasteiger partial charge in [-0.2, -0.15) is 0 Å². The number of carbonyl (C=O) groups is 2. The van der Waals surface area contributed by atoms with Gasteiger partial charge in [0.2, 0.25) is 0 Å². The van der Waals surface area contributed by atoms with Crippen LogP contribution in [0.1, 0.15) is 78.3 Å². The summed E-state index contributed by atoms with van der Waals surface area (Å²) in [6.07, 6.45) is 1.74. The van der Waals surface area contributed by atoms with Crippen molar-refractivity contribution in [1.82, 2.24) is 0 Å². The Kier molecular flexibility index (Phi) is 8.38. The van der Waals surface area contributed by atoms with Crippen LogP contribution in [0, 0.1) is 0 Å². The van der Waals surface area contributed by atoms with Gasteiger partial charge in [0.05, 0.1) is 5.57 Å². The molecule has 0 bridgehead atoms. The Bertz CT molecular complexity index is 2110. The van der Waals surface area contributed by atoms with Gasteiger partial charge in [0.1, 0.15) is 0 Å². The molecule has 49 heavy (non-hydrogen) atoms. The lowest BCUT2D eigenvalue weighted by molar-refractivity contribution is 0.0990. The summed E-state index contributed by atoms with van der Waals surface area (Å²) in [5.41, 5.74) is 8.51. The highest BCUT2D eigenvalue weighted by Gasteiger charge is 2.32. The maximum absolute atomic E-state index is 12.9. The zero-order chi connectivity index (χ0) is 34.5. The predicted molar refractivity (Wildman–Crippen MR) is 208 cm³/mol. The Morgan fingerprint density at radius 1 is 0.490 bits per heavy atom. The second-order valence-corrected chi connectivity index (χ2v) is 16.8. The third kappa shape index (κ3) is 6.49. The molecule has 0 amide bonds. The molecule has 0 fully saturated rings. The molecule has 0 N–H and O–H groups in total. The number of rotatable bonds is 6. The molecule has 244 valence electrons. The van der Waals surface area contributed by atoms with Crippen molar-refractivity contribution in [3.63, 3.8) is 0 Å². The van der Waals surface area contributed by atoms with Crippen LogP contribution in [0.25, 0.3) is 26.3 Å². The second-order valence-electron chi connectivity index (χ2n) is 14.6. The number of hydrogen-bond donors (Lipinski definition) is 0. The molecule has 0 saturated carbocycles. The molecule has 0 saturated heterocycles. The molecule has 4 aromatic carbocycles. The van der Waals surface area contributed by atoms with E-state index in [0.717, 1.165) is 37.3 Å². The van der Waals surface area contributed by atoms with E-state index in [2.05, 4.69) is 137 Å². The molecule has 0 spiro atoms. The van der Waals surface area contributed by atoms with Crippen LogP contribution in [0.2, 0.25) is 0 Å². The summed E-state index contributed by atoms with van der Waals surface area (Å²) >= 11 is 3.34. The van der Waals surface area contributed by atoms with Gasteiger partial charge < -0.3 is 4.90 Å². The predicted octanol–water partition coefficient (Wildman–Crippen LogP) is 12.7. The summed E-state index contributed by atoms with van der Waals surface area (Å²) in [6, 6.07) is 42.1. The van der Waals surface area contributed by atoms with Crippen molar-refractivity contribution in [2.45, 2.75) is 52.4 Å². The standard InChI is InChI=1S/C44H39NO2S2/c1-43(2,3)29-13-19-32(20-14-29)45(33-21-15-30(16-22-33)44(4,5)6)31-17-11-28(12-18-31)38-25-26-40(49-38)39-24-23-34(48-39)27-37-41(46)35-9-7-8-10-36(35)42(37)47/h7-27H,1-6H3. The smallest absolute Gasteiger partial charge is 0.197 e. The first-order chi connectivity index (χ1) is 23.4. The molecule has 0 aliphatic heterocycles. The average molecular weight is 678 g/mol. The first-order valence-corrected chi connectivity index (χ1v) is 18.2. The minimum absolute atomic E-state index is 0.0848. The van der Waals surface area contributed by atoms with Crippen LogP contribution in [0.5, 0.6) is 0 Å². The zero-order valence-corrected chi connectivity index (χ0v) is 30.3. The highest BCUT2D eigenvalue weighted by molar-refractivity contribution is 7.24. The van der Waals surface area contributed by atoms with E-state index < -0.39 is 0 Å². The largest absolute Gasteiger partial charge is 0.311 e. The van der Waals surface area contributed by atoms with E-state index in [1.165, 1.54) is 16.0 Å². The molecule has 3 nitrogen and oxygen atoms in total. The monoisotopic (exact) mass is 677 g/mol. The summed E-state index contributed by atoms with van der Waals surface area (Å²) in [7, 11) is 0. The number of anilines is 3. The van der Waals surface area contributed by atoms with Crippen LogP contribution in [0.15, 0.2) is 127 Å². The van der Waals surface area contributed by atoms with Gasteiger partial charge in [-0.3, -0.25) is 9.59 Å². The maximum Gasteiger partial charge on any atom is 0.197 e. The Morgan fingerprint density at radius 3 is 1.41 bits per heavy atom. The number of nitrogens with zero attached hydrogens (tertiary/aromatic N) is 1. The Hall–Kier alpha value is -4.84. The van der Waals surface area contributed by atoms with E-state index in [1.807, 2.05) is 6.07 Å². The number of benzene rings is 4. The molecule has 0 atom stereocenters. The summed E-state index contributed by atoms with van der Waals surface area (Å²) < 4.78 is 0. The summed E-state index contributed by atoms with van der Waals surface area (Å²) in [5, 5.41) is 0. The lowest BCUT2D eigenvalue weighted by atomic mass is 9.86. The van der Waals surface area contributed by atoms with Crippen molar-refractivity contribution in [3.05, 3.63) is 154 Å². The van der Waals surface area contributed by atoms with Gasteiger partial charge in [0.15, 0.2) is 11.6 Å². The van der Waals surface area contributed by atoms with Crippen LogP contribution in [0.4, 0.5) is 17.1 Å². The minimum atomic E-state index is -0.195. The molecule has 5 heteroatoms. The van der Waals surface area contributed by atoms with Crippen molar-refractivity contribution in [2.75, 3.05) is 4.90 Å². The molecule has 2 aromatic heterocycles. The van der Waals surface area contributed by atoms with Gasteiger partial charge in [0, 0.05) is 47.7 Å². The number of thiophene rings is 2. The van der Waals surface area contributed by atoms with Gasteiger partial charge in [-0.15, -0.1) is 22.7 Å². The molecule has 7 rings (SSSR count). The lowest BCUT2D eigenvalue weighted by Crippen LogP contribution is -2.14. The molecule has 1 aliphatic rings. The quantitative estimate of drug-likeness (QED) is 0.130. The Balaban J connectivity index is 1.15. The molecule has 2 heterocycles. The third-order valence-electron chi connectivity index (χ3n) is 9.06. The summed E-state index contributed by atoms with van der Waals surface area (Å²) in [6.45, 7) is 13.5. The topological polar surface area (TPSA) is 37.4 Å². The molecular weight excluding hydrogens is 639 g/mol. The van der Waals surface area contributed by atoms with E-state index in [0.29, 0.717) is 11.1 Å². The number of carbonyl (C=O) groups excluding carboxylic acids is 2. The fourth-order valence-electron chi connectivity index (χ4n) is 6.18. The Labute approximate surface area is 297 Å². The van der Waals surface area contributed by atoms with Gasteiger partial charge in [0.25, 0.3) is 0 Å². The normalized spacial score (nSPS) is 13.1. The second kappa shape index (κ2) is 12.6. The van der Waals surface area contributed by atoms with Gasteiger partial charge in [-0.25, -0.2) is 0 Å². The lowest BCUT2D eigenvalue weighted by Gasteiger charge is -2.28. The van der Waals surface area contributed by atoms with Crippen molar-refractivity contribution in [3.8, 4) is 20.2 Å². The number of allylic oxidation sites excluding steroid dienone is 1. The van der Waals surface area contributed by atoms with Gasteiger partial charge in [-0.1, -0.05) is 102 Å². The van der Waals surface area contributed by atoms with Crippen LogP contribution in [-0.2, 0) is 10.8 Å². The first-order valence-electron chi connectivity index (χ1n) is 16.6. The molecule has 0 unspecified atom stereocenters.